The van der Waals surface area contributed by atoms with Gasteiger partial charge in [-0.3, -0.25) is 4.90 Å². The van der Waals surface area contributed by atoms with E-state index in [1.807, 2.05) is 39.0 Å². The third-order valence-electron chi connectivity index (χ3n) is 6.05. The van der Waals surface area contributed by atoms with Gasteiger partial charge in [-0.05, 0) is 23.1 Å². The Morgan fingerprint density at radius 1 is 1.05 bits per heavy atom. The van der Waals surface area contributed by atoms with Gasteiger partial charge in [0.05, 0.1) is 18.0 Å². The lowest BCUT2D eigenvalue weighted by molar-refractivity contribution is -0.137. The summed E-state index contributed by atoms with van der Waals surface area (Å²) in [6.07, 6.45) is -2.49. The van der Waals surface area contributed by atoms with Crippen molar-refractivity contribution < 1.29 is 23.1 Å². The summed E-state index contributed by atoms with van der Waals surface area (Å²) in [7, 11) is 0. The summed E-state index contributed by atoms with van der Waals surface area (Å²) < 4.78 is 39.2. The molecule has 0 bridgehead atoms. The Kier molecular flexibility index (Phi) is 7.16. The van der Waals surface area contributed by atoms with Crippen LogP contribution in [0.3, 0.4) is 0 Å². The van der Waals surface area contributed by atoms with Crippen LogP contribution in [0, 0.1) is 5.41 Å². The first-order chi connectivity index (χ1) is 17.4. The molecule has 2 aromatic carbocycles. The lowest BCUT2D eigenvalue weighted by atomic mass is 9.72. The van der Waals surface area contributed by atoms with E-state index < -0.39 is 35.2 Å². The quantitative estimate of drug-likeness (QED) is 0.323. The van der Waals surface area contributed by atoms with Crippen LogP contribution in [-0.4, -0.2) is 44.2 Å². The van der Waals surface area contributed by atoms with E-state index in [0.29, 0.717) is 10.6 Å². The van der Waals surface area contributed by atoms with Crippen LogP contribution in [0.1, 0.15) is 37.8 Å². The maximum atomic E-state index is 13.1. The molecule has 0 saturated carbocycles. The molecule has 0 radical (unpaired) electrons. The van der Waals surface area contributed by atoms with Gasteiger partial charge in [-0.15, -0.1) is 10.2 Å². The second kappa shape index (κ2) is 10.0. The Labute approximate surface area is 215 Å². The number of hydrogen-bond donors (Lipinski definition) is 2. The number of nitrogens with zero attached hydrogens (tertiary/aromatic N) is 5. The fraction of sp³-hybridized carbons (Fsp3) is 0.320. The summed E-state index contributed by atoms with van der Waals surface area (Å²) in [6.45, 7) is 5.60. The first kappa shape index (κ1) is 26.4. The molecule has 4 aromatic rings. The third kappa shape index (κ3) is 5.70. The number of anilines is 1. The van der Waals surface area contributed by atoms with Crippen LogP contribution in [0.5, 0.6) is 0 Å². The number of amides is 1. The molecule has 194 valence electrons. The van der Waals surface area contributed by atoms with E-state index in [4.69, 9.17) is 5.73 Å². The van der Waals surface area contributed by atoms with E-state index in [1.165, 1.54) is 12.1 Å². The average Bonchev–Trinajstić information content (AvgIpc) is 3.30. The van der Waals surface area contributed by atoms with Gasteiger partial charge >= 0.3 is 12.3 Å². The van der Waals surface area contributed by atoms with E-state index in [2.05, 4.69) is 20.4 Å². The fourth-order valence-corrected chi connectivity index (χ4v) is 5.36. The lowest BCUT2D eigenvalue weighted by Crippen LogP contribution is -2.47. The van der Waals surface area contributed by atoms with Crippen molar-refractivity contribution in [1.29, 1.82) is 0 Å². The molecular formula is C25H25F3N6O2S. The maximum Gasteiger partial charge on any atom is 0.416 e. The summed E-state index contributed by atoms with van der Waals surface area (Å²) in [4.78, 5) is 13.3. The number of carbonyl (C=O) groups is 1. The molecule has 2 atom stereocenters. The van der Waals surface area contributed by atoms with Crippen LogP contribution < -0.4 is 10.6 Å². The van der Waals surface area contributed by atoms with Gasteiger partial charge in [-0.1, -0.05) is 62.4 Å². The normalized spacial score (nSPS) is 13.9. The standard InChI is InChI=1S/C25H25F3N6O2S/c1-24(2,3)20(14-7-9-16(10-8-14)25(26,27)28)19(29)13-34(23(35)36)22-33-32-21(37-22)17-6-4-5-15-11-30-31-12-18(15)17/h4-12,19-20H,13,29H2,1-3H3,(H,35,36). The molecule has 0 saturated heterocycles. The maximum absolute atomic E-state index is 13.1. The van der Waals surface area contributed by atoms with Crippen LogP contribution >= 0.6 is 11.3 Å². The summed E-state index contributed by atoms with van der Waals surface area (Å²) in [5.41, 5.74) is 6.64. The van der Waals surface area contributed by atoms with Crippen molar-refractivity contribution in [2.45, 2.75) is 38.9 Å². The summed E-state index contributed by atoms with van der Waals surface area (Å²) in [6, 6.07) is 9.64. The van der Waals surface area contributed by atoms with E-state index in [1.54, 1.807) is 12.4 Å². The summed E-state index contributed by atoms with van der Waals surface area (Å²) in [5.74, 6) is -0.444. The molecular weight excluding hydrogens is 505 g/mol. The van der Waals surface area contributed by atoms with Gasteiger partial charge in [0.25, 0.3) is 0 Å². The van der Waals surface area contributed by atoms with Crippen molar-refractivity contribution >= 4 is 33.3 Å². The minimum atomic E-state index is -4.45. The monoisotopic (exact) mass is 530 g/mol. The smallest absolute Gasteiger partial charge is 0.416 e. The SMILES string of the molecule is CC(C)(C)C(c1ccc(C(F)(F)F)cc1)C(N)CN(C(=O)O)c1nnc(-c2cccc3cnncc23)s1. The van der Waals surface area contributed by atoms with E-state index in [0.717, 1.165) is 44.7 Å². The fourth-order valence-electron chi connectivity index (χ4n) is 4.47. The summed E-state index contributed by atoms with van der Waals surface area (Å²) >= 11 is 1.09. The Morgan fingerprint density at radius 3 is 2.35 bits per heavy atom. The Hall–Kier alpha value is -3.64. The molecule has 0 aliphatic rings. The number of benzene rings is 2. The highest BCUT2D eigenvalue weighted by Crippen LogP contribution is 2.40. The van der Waals surface area contributed by atoms with Gasteiger partial charge in [0.2, 0.25) is 5.13 Å². The van der Waals surface area contributed by atoms with Gasteiger partial charge in [0.15, 0.2) is 0 Å². The highest BCUT2D eigenvalue weighted by molar-refractivity contribution is 7.18. The second-order valence-electron chi connectivity index (χ2n) is 9.71. The number of hydrogen-bond acceptors (Lipinski definition) is 7. The number of fused-ring (bicyclic) bond motifs is 1. The number of carboxylic acid groups (broad SMARTS) is 1. The number of rotatable bonds is 6. The highest BCUT2D eigenvalue weighted by atomic mass is 32.1. The summed E-state index contributed by atoms with van der Waals surface area (Å²) in [5, 5.41) is 28.4. The zero-order valence-electron chi connectivity index (χ0n) is 20.3. The van der Waals surface area contributed by atoms with Gasteiger partial charge in [0.1, 0.15) is 5.01 Å². The van der Waals surface area contributed by atoms with Gasteiger partial charge in [0, 0.05) is 34.8 Å². The van der Waals surface area contributed by atoms with Crippen LogP contribution in [0.25, 0.3) is 21.3 Å². The van der Waals surface area contributed by atoms with E-state index in [-0.39, 0.29) is 11.7 Å². The first-order valence-corrected chi connectivity index (χ1v) is 12.1. The zero-order chi connectivity index (χ0) is 27.0. The van der Waals surface area contributed by atoms with Crippen molar-refractivity contribution in [2.75, 3.05) is 11.4 Å². The molecule has 37 heavy (non-hydrogen) atoms. The van der Waals surface area contributed by atoms with E-state index in [9.17, 15) is 23.1 Å². The molecule has 4 rings (SSSR count). The predicted octanol–water partition coefficient (Wildman–Crippen LogP) is 5.81. The third-order valence-corrected chi connectivity index (χ3v) is 7.03. The van der Waals surface area contributed by atoms with Gasteiger partial charge in [-0.2, -0.15) is 23.4 Å². The van der Waals surface area contributed by atoms with Crippen LogP contribution in [0.2, 0.25) is 0 Å². The van der Waals surface area contributed by atoms with Crippen molar-refractivity contribution in [3.8, 4) is 10.6 Å². The zero-order valence-corrected chi connectivity index (χ0v) is 21.1. The molecule has 12 heteroatoms. The Bertz CT molecular complexity index is 1400. The van der Waals surface area contributed by atoms with Crippen LogP contribution in [-0.2, 0) is 6.18 Å². The Balaban J connectivity index is 1.63. The average molecular weight is 531 g/mol. The molecule has 3 N–H and O–H groups in total. The largest absolute Gasteiger partial charge is 0.465 e. The topological polar surface area (TPSA) is 118 Å². The molecule has 2 unspecified atom stereocenters. The highest BCUT2D eigenvalue weighted by Gasteiger charge is 2.36. The molecule has 1 amide bonds. The lowest BCUT2D eigenvalue weighted by Gasteiger charge is -2.37. The van der Waals surface area contributed by atoms with Crippen molar-refractivity contribution in [1.82, 2.24) is 20.4 Å². The molecule has 2 aromatic heterocycles. The minimum Gasteiger partial charge on any atom is -0.465 e. The van der Waals surface area contributed by atoms with Crippen molar-refractivity contribution in [2.24, 2.45) is 11.1 Å². The molecule has 2 heterocycles. The predicted molar refractivity (Wildman–Crippen MR) is 135 cm³/mol. The number of aromatic nitrogens is 4. The molecule has 0 aliphatic carbocycles. The second-order valence-corrected chi connectivity index (χ2v) is 10.7. The van der Waals surface area contributed by atoms with Crippen molar-refractivity contribution in [3.63, 3.8) is 0 Å². The van der Waals surface area contributed by atoms with Crippen molar-refractivity contribution in [3.05, 3.63) is 66.0 Å². The Morgan fingerprint density at radius 2 is 1.73 bits per heavy atom. The molecule has 0 fully saturated rings. The molecule has 8 nitrogen and oxygen atoms in total. The number of nitrogens with two attached hydrogens (primary N) is 1. The van der Waals surface area contributed by atoms with Crippen LogP contribution in [0.15, 0.2) is 54.9 Å². The van der Waals surface area contributed by atoms with Gasteiger partial charge < -0.3 is 10.8 Å². The first-order valence-electron chi connectivity index (χ1n) is 11.3. The molecule has 0 spiro atoms. The minimum absolute atomic E-state index is 0.131. The van der Waals surface area contributed by atoms with Crippen LogP contribution in [0.4, 0.5) is 23.1 Å². The molecule has 0 aliphatic heterocycles. The van der Waals surface area contributed by atoms with E-state index >= 15 is 0 Å². The number of alkyl halides is 3. The van der Waals surface area contributed by atoms with Gasteiger partial charge in [-0.25, -0.2) is 4.79 Å². The number of halogens is 3.